The van der Waals surface area contributed by atoms with Gasteiger partial charge in [-0.15, -0.1) is 0 Å². The summed E-state index contributed by atoms with van der Waals surface area (Å²) >= 11 is 1.82. The monoisotopic (exact) mass is 315 g/mol. The average Bonchev–Trinajstić information content (AvgIpc) is 2.54. The first-order valence-corrected chi connectivity index (χ1v) is 8.32. The van der Waals surface area contributed by atoms with Crippen LogP contribution in [0.2, 0.25) is 0 Å². The van der Waals surface area contributed by atoms with Gasteiger partial charge < -0.3 is 9.88 Å². The topological polar surface area (TPSA) is 37.3 Å². The quantitative estimate of drug-likeness (QED) is 0.882. The fourth-order valence-electron chi connectivity index (χ4n) is 2.63. The van der Waals surface area contributed by atoms with E-state index in [4.69, 9.17) is 0 Å². The summed E-state index contributed by atoms with van der Waals surface area (Å²) in [4.78, 5) is 13.0. The lowest BCUT2D eigenvalue weighted by atomic mass is 10.1. The zero-order valence-corrected chi connectivity index (χ0v) is 13.8. The Hall–Kier alpha value is -1.56. The van der Waals surface area contributed by atoms with Crippen molar-refractivity contribution in [3.8, 4) is 11.1 Å². The zero-order chi connectivity index (χ0) is 15.5. The summed E-state index contributed by atoms with van der Waals surface area (Å²) in [6.07, 6.45) is 1.90. The van der Waals surface area contributed by atoms with Crippen molar-refractivity contribution in [2.75, 3.05) is 26.2 Å². The second-order valence-electron chi connectivity index (χ2n) is 5.62. The molecule has 1 aromatic carbocycles. The molecule has 0 atom stereocenters. The first kappa shape index (κ1) is 15.3. The fourth-order valence-corrected chi connectivity index (χ4v) is 3.55. The number of piperazine rings is 1. The molecule has 3 rings (SSSR count). The molecule has 2 heterocycles. The first-order valence-electron chi connectivity index (χ1n) is 7.55. The second kappa shape index (κ2) is 6.69. The van der Waals surface area contributed by atoms with E-state index >= 15 is 0 Å². The maximum absolute atomic E-state index is 11.8. The van der Waals surface area contributed by atoms with Gasteiger partial charge >= 0.3 is 0 Å². The number of nitrogens with zero attached hydrogens (tertiary/aromatic N) is 2. The lowest BCUT2D eigenvalue weighted by Crippen LogP contribution is -2.39. The lowest BCUT2D eigenvalue weighted by molar-refractivity contribution is 0.396. The zero-order valence-electron chi connectivity index (χ0n) is 13.0. The van der Waals surface area contributed by atoms with Crippen LogP contribution in [0.3, 0.4) is 0 Å². The predicted octanol–water partition coefficient (Wildman–Crippen LogP) is 2.27. The van der Waals surface area contributed by atoms with Crippen molar-refractivity contribution in [2.45, 2.75) is 11.8 Å². The molecule has 116 valence electrons. The van der Waals surface area contributed by atoms with E-state index in [9.17, 15) is 4.79 Å². The molecular weight excluding hydrogens is 294 g/mol. The summed E-state index contributed by atoms with van der Waals surface area (Å²) in [5, 5.41) is 3.36. The van der Waals surface area contributed by atoms with Gasteiger partial charge in [0.15, 0.2) is 0 Å². The van der Waals surface area contributed by atoms with Gasteiger partial charge in [0.05, 0.1) is 0 Å². The minimum Gasteiger partial charge on any atom is -0.318 e. The summed E-state index contributed by atoms with van der Waals surface area (Å²) in [6.45, 7) is 6.13. The number of rotatable bonds is 3. The van der Waals surface area contributed by atoms with Crippen molar-refractivity contribution in [1.82, 2.24) is 14.2 Å². The van der Waals surface area contributed by atoms with E-state index in [0.29, 0.717) is 0 Å². The fraction of sp³-hybridized carbons (Fsp3) is 0.353. The van der Waals surface area contributed by atoms with Gasteiger partial charge in [-0.2, -0.15) is 0 Å². The van der Waals surface area contributed by atoms with Crippen LogP contribution >= 0.6 is 11.9 Å². The SMILES string of the molecule is Cc1cc(-c2ccc(SN3CCNCC3)cc2)cn(C)c1=O. The van der Waals surface area contributed by atoms with Crippen LogP contribution in [-0.4, -0.2) is 35.1 Å². The molecule has 0 spiro atoms. The molecule has 1 aliphatic rings. The van der Waals surface area contributed by atoms with Gasteiger partial charge in [0.2, 0.25) is 0 Å². The molecule has 5 heteroatoms. The molecule has 0 unspecified atom stereocenters. The Kier molecular flexibility index (Phi) is 4.66. The minimum atomic E-state index is 0.0645. The number of benzene rings is 1. The highest BCUT2D eigenvalue weighted by molar-refractivity contribution is 7.97. The summed E-state index contributed by atoms with van der Waals surface area (Å²) in [6, 6.07) is 10.5. The molecule has 1 fully saturated rings. The lowest BCUT2D eigenvalue weighted by Gasteiger charge is -2.25. The second-order valence-corrected chi connectivity index (χ2v) is 6.79. The van der Waals surface area contributed by atoms with E-state index in [1.54, 1.807) is 11.6 Å². The molecule has 1 N–H and O–H groups in total. The molecule has 22 heavy (non-hydrogen) atoms. The van der Waals surface area contributed by atoms with Gasteiger partial charge in [0.1, 0.15) is 0 Å². The van der Waals surface area contributed by atoms with Crippen molar-refractivity contribution in [3.63, 3.8) is 0 Å². The molecular formula is C17H21N3OS. The van der Waals surface area contributed by atoms with Crippen LogP contribution in [0.5, 0.6) is 0 Å². The van der Waals surface area contributed by atoms with Gasteiger partial charge in [0.25, 0.3) is 5.56 Å². The van der Waals surface area contributed by atoms with Crippen LogP contribution in [0.4, 0.5) is 0 Å². The molecule has 0 aliphatic carbocycles. The third-order valence-corrected chi connectivity index (χ3v) is 4.97. The molecule has 1 aliphatic heterocycles. The largest absolute Gasteiger partial charge is 0.318 e. The Morgan fingerprint density at radius 3 is 2.41 bits per heavy atom. The van der Waals surface area contributed by atoms with Gasteiger partial charge in [-0.1, -0.05) is 12.1 Å². The Morgan fingerprint density at radius 1 is 1.09 bits per heavy atom. The van der Waals surface area contributed by atoms with E-state index in [1.165, 1.54) is 4.90 Å². The third kappa shape index (κ3) is 3.43. The number of aryl methyl sites for hydroxylation is 2. The Labute approximate surface area is 135 Å². The van der Waals surface area contributed by atoms with Crippen LogP contribution in [0.15, 0.2) is 46.2 Å². The van der Waals surface area contributed by atoms with E-state index in [1.807, 2.05) is 31.1 Å². The van der Waals surface area contributed by atoms with Crippen LogP contribution in [0.25, 0.3) is 11.1 Å². The Morgan fingerprint density at radius 2 is 1.77 bits per heavy atom. The number of hydrogen-bond donors (Lipinski definition) is 1. The molecule has 1 aromatic heterocycles. The maximum atomic E-state index is 11.8. The van der Waals surface area contributed by atoms with Crippen molar-refractivity contribution < 1.29 is 0 Å². The van der Waals surface area contributed by atoms with Crippen molar-refractivity contribution >= 4 is 11.9 Å². The van der Waals surface area contributed by atoms with Gasteiger partial charge in [0, 0.05) is 49.9 Å². The third-order valence-electron chi connectivity index (χ3n) is 3.86. The van der Waals surface area contributed by atoms with Gasteiger partial charge in [-0.3, -0.25) is 4.79 Å². The summed E-state index contributed by atoms with van der Waals surface area (Å²) in [7, 11) is 1.80. The number of aromatic nitrogens is 1. The van der Waals surface area contributed by atoms with Crippen molar-refractivity contribution in [1.29, 1.82) is 0 Å². The van der Waals surface area contributed by atoms with E-state index in [-0.39, 0.29) is 5.56 Å². The standard InChI is InChI=1S/C17H21N3OS/c1-13-11-15(12-19(2)17(13)21)14-3-5-16(6-4-14)22-20-9-7-18-8-10-20/h3-6,11-12,18H,7-10H2,1-2H3. The van der Waals surface area contributed by atoms with Crippen LogP contribution in [-0.2, 0) is 7.05 Å². The molecule has 0 saturated carbocycles. The minimum absolute atomic E-state index is 0.0645. The molecule has 4 nitrogen and oxygen atoms in total. The number of hydrogen-bond acceptors (Lipinski definition) is 4. The smallest absolute Gasteiger partial charge is 0.253 e. The predicted molar refractivity (Wildman–Crippen MR) is 92.2 cm³/mol. The number of nitrogens with one attached hydrogen (secondary N) is 1. The Bertz CT molecular complexity index is 677. The number of pyridine rings is 1. The van der Waals surface area contributed by atoms with Crippen LogP contribution in [0, 0.1) is 6.92 Å². The average molecular weight is 315 g/mol. The highest BCUT2D eigenvalue weighted by Gasteiger charge is 2.11. The van der Waals surface area contributed by atoms with Crippen molar-refractivity contribution in [3.05, 3.63) is 52.4 Å². The van der Waals surface area contributed by atoms with E-state index in [0.717, 1.165) is 42.9 Å². The van der Waals surface area contributed by atoms with E-state index < -0.39 is 0 Å². The highest BCUT2D eigenvalue weighted by Crippen LogP contribution is 2.26. The summed E-state index contributed by atoms with van der Waals surface area (Å²) < 4.78 is 4.04. The highest BCUT2D eigenvalue weighted by atomic mass is 32.2. The molecule has 2 aromatic rings. The molecule has 0 bridgehead atoms. The molecule has 1 saturated heterocycles. The Balaban J connectivity index is 1.77. The van der Waals surface area contributed by atoms with Gasteiger partial charge in [-0.05, 0) is 48.2 Å². The van der Waals surface area contributed by atoms with E-state index in [2.05, 4.69) is 33.9 Å². The normalized spacial score (nSPS) is 15.9. The molecule has 0 amide bonds. The summed E-state index contributed by atoms with van der Waals surface area (Å²) in [5.74, 6) is 0. The maximum Gasteiger partial charge on any atom is 0.253 e. The van der Waals surface area contributed by atoms with Crippen molar-refractivity contribution in [2.24, 2.45) is 7.05 Å². The first-order chi connectivity index (χ1) is 10.6. The van der Waals surface area contributed by atoms with Gasteiger partial charge in [-0.25, -0.2) is 4.31 Å². The van der Waals surface area contributed by atoms with Crippen LogP contribution < -0.4 is 10.9 Å². The molecule has 0 radical (unpaired) electrons. The summed E-state index contributed by atoms with van der Waals surface area (Å²) in [5.41, 5.74) is 3.07. The van der Waals surface area contributed by atoms with Crippen LogP contribution in [0.1, 0.15) is 5.56 Å².